The normalized spacial score (nSPS) is 11.1. The zero-order chi connectivity index (χ0) is 14.7. The van der Waals surface area contributed by atoms with Crippen LogP contribution >= 0.6 is 0 Å². The average Bonchev–Trinajstić information content (AvgIpc) is 2.95. The Kier molecular flexibility index (Phi) is 4.22. The highest BCUT2D eigenvalue weighted by Gasteiger charge is 2.22. The number of aryl methyl sites for hydroxylation is 2. The Morgan fingerprint density at radius 3 is 2.65 bits per heavy atom. The van der Waals surface area contributed by atoms with Gasteiger partial charge in [-0.25, -0.2) is 0 Å². The fraction of sp³-hybridized carbons (Fsp3) is 0.500. The Morgan fingerprint density at radius 1 is 1.30 bits per heavy atom. The van der Waals surface area contributed by atoms with Crippen molar-refractivity contribution in [2.24, 2.45) is 0 Å². The smallest absolute Gasteiger partial charge is 0.256 e. The maximum atomic E-state index is 12.2. The van der Waals surface area contributed by atoms with E-state index in [0.717, 1.165) is 11.5 Å². The van der Waals surface area contributed by atoms with Gasteiger partial charge in [0.15, 0.2) is 5.76 Å². The highest BCUT2D eigenvalue weighted by Crippen LogP contribution is 2.21. The van der Waals surface area contributed by atoms with E-state index in [2.05, 4.69) is 15.6 Å². The molecule has 0 radical (unpaired) electrons. The van der Waals surface area contributed by atoms with E-state index in [1.807, 2.05) is 26.8 Å². The maximum absolute atomic E-state index is 12.2. The highest BCUT2D eigenvalue weighted by atomic mass is 16.5. The number of amides is 1. The third-order valence-electron chi connectivity index (χ3n) is 2.98. The lowest BCUT2D eigenvalue weighted by Crippen LogP contribution is -2.27. The molecule has 20 heavy (non-hydrogen) atoms. The van der Waals surface area contributed by atoms with E-state index in [1.165, 1.54) is 0 Å². The molecule has 2 rings (SSSR count). The Balaban J connectivity index is 1.97. The van der Waals surface area contributed by atoms with Crippen LogP contribution in [0.3, 0.4) is 0 Å². The number of hydrogen-bond donors (Lipinski definition) is 1. The van der Waals surface area contributed by atoms with Gasteiger partial charge in [-0.15, -0.1) is 0 Å². The van der Waals surface area contributed by atoms with Gasteiger partial charge in [-0.05, 0) is 13.8 Å². The summed E-state index contributed by atoms with van der Waals surface area (Å²) in [5, 5.41) is 10.6. The van der Waals surface area contributed by atoms with Gasteiger partial charge in [-0.2, -0.15) is 0 Å². The summed E-state index contributed by atoms with van der Waals surface area (Å²) in [5.74, 6) is 1.35. The zero-order valence-electron chi connectivity index (χ0n) is 12.2. The summed E-state index contributed by atoms with van der Waals surface area (Å²) in [6.07, 6.45) is 0.629. The SMILES string of the molecule is Cc1cc(CCNC(=O)c2c(C)noc2C(C)C)no1. The number of rotatable bonds is 5. The molecule has 108 valence electrons. The lowest BCUT2D eigenvalue weighted by Gasteiger charge is -2.06. The number of carbonyl (C=O) groups excluding carboxylic acids is 1. The van der Waals surface area contributed by atoms with Gasteiger partial charge >= 0.3 is 0 Å². The van der Waals surface area contributed by atoms with E-state index in [0.29, 0.717) is 30.0 Å². The first-order valence-electron chi connectivity index (χ1n) is 6.65. The van der Waals surface area contributed by atoms with Gasteiger partial charge in [0, 0.05) is 24.9 Å². The minimum atomic E-state index is -0.160. The standard InChI is InChI=1S/C14H19N3O3/c1-8(2)13-12(10(4)16-20-13)14(18)15-6-5-11-7-9(3)19-17-11/h7-8H,5-6H2,1-4H3,(H,15,18). The van der Waals surface area contributed by atoms with E-state index in [9.17, 15) is 4.79 Å². The summed E-state index contributed by atoms with van der Waals surface area (Å²) < 4.78 is 10.2. The molecule has 0 saturated heterocycles. The number of carbonyl (C=O) groups is 1. The molecule has 6 heteroatoms. The van der Waals surface area contributed by atoms with E-state index in [-0.39, 0.29) is 11.8 Å². The van der Waals surface area contributed by atoms with Crippen molar-refractivity contribution in [3.05, 3.63) is 34.5 Å². The first-order chi connectivity index (χ1) is 9.49. The van der Waals surface area contributed by atoms with E-state index in [1.54, 1.807) is 6.92 Å². The molecular weight excluding hydrogens is 258 g/mol. The van der Waals surface area contributed by atoms with Crippen LogP contribution in [0.25, 0.3) is 0 Å². The largest absolute Gasteiger partial charge is 0.361 e. The zero-order valence-corrected chi connectivity index (χ0v) is 12.2. The molecule has 0 saturated carbocycles. The van der Waals surface area contributed by atoms with Gasteiger partial charge in [-0.1, -0.05) is 24.2 Å². The maximum Gasteiger partial charge on any atom is 0.256 e. The van der Waals surface area contributed by atoms with Gasteiger partial charge in [0.05, 0.1) is 11.4 Å². The predicted molar refractivity (Wildman–Crippen MR) is 72.6 cm³/mol. The van der Waals surface area contributed by atoms with Crippen LogP contribution in [0.2, 0.25) is 0 Å². The van der Waals surface area contributed by atoms with Crippen LogP contribution in [-0.2, 0) is 6.42 Å². The third-order valence-corrected chi connectivity index (χ3v) is 2.98. The van der Waals surface area contributed by atoms with Crippen LogP contribution in [0, 0.1) is 13.8 Å². The molecule has 0 spiro atoms. The van der Waals surface area contributed by atoms with Gasteiger partial charge in [0.25, 0.3) is 5.91 Å². The van der Waals surface area contributed by atoms with Gasteiger partial charge < -0.3 is 14.4 Å². The van der Waals surface area contributed by atoms with Crippen molar-refractivity contribution in [3.63, 3.8) is 0 Å². The average molecular weight is 277 g/mol. The molecule has 1 amide bonds. The quantitative estimate of drug-likeness (QED) is 0.907. The van der Waals surface area contributed by atoms with Crippen LogP contribution < -0.4 is 5.32 Å². The van der Waals surface area contributed by atoms with Crippen LogP contribution in [0.5, 0.6) is 0 Å². The number of nitrogens with zero attached hydrogens (tertiary/aromatic N) is 2. The van der Waals surface area contributed by atoms with Crippen LogP contribution in [0.15, 0.2) is 15.1 Å². The summed E-state index contributed by atoms with van der Waals surface area (Å²) in [6, 6.07) is 1.86. The van der Waals surface area contributed by atoms with Crippen molar-refractivity contribution in [1.82, 2.24) is 15.6 Å². The summed E-state index contributed by atoms with van der Waals surface area (Å²) in [7, 11) is 0. The van der Waals surface area contributed by atoms with Gasteiger partial charge in [0.2, 0.25) is 0 Å². The molecule has 2 aromatic heterocycles. The van der Waals surface area contributed by atoms with Crippen molar-refractivity contribution in [2.45, 2.75) is 40.0 Å². The Bertz CT molecular complexity index is 599. The van der Waals surface area contributed by atoms with E-state index in [4.69, 9.17) is 9.05 Å². The molecule has 0 aliphatic carbocycles. The minimum absolute atomic E-state index is 0.121. The topological polar surface area (TPSA) is 81.2 Å². The Morgan fingerprint density at radius 2 is 2.05 bits per heavy atom. The number of hydrogen-bond acceptors (Lipinski definition) is 5. The van der Waals surface area contributed by atoms with Crippen LogP contribution in [-0.4, -0.2) is 22.8 Å². The first kappa shape index (κ1) is 14.3. The second kappa shape index (κ2) is 5.90. The molecule has 6 nitrogen and oxygen atoms in total. The highest BCUT2D eigenvalue weighted by molar-refractivity contribution is 5.96. The van der Waals surface area contributed by atoms with Crippen molar-refractivity contribution in [3.8, 4) is 0 Å². The van der Waals surface area contributed by atoms with Gasteiger partial charge in [-0.3, -0.25) is 4.79 Å². The summed E-state index contributed by atoms with van der Waals surface area (Å²) in [5.41, 5.74) is 1.98. The van der Waals surface area contributed by atoms with E-state index >= 15 is 0 Å². The lowest BCUT2D eigenvalue weighted by molar-refractivity contribution is 0.0951. The second-order valence-corrected chi connectivity index (χ2v) is 5.10. The molecule has 0 atom stereocenters. The van der Waals surface area contributed by atoms with Crippen molar-refractivity contribution in [2.75, 3.05) is 6.54 Å². The number of aromatic nitrogens is 2. The summed E-state index contributed by atoms with van der Waals surface area (Å²) in [6.45, 7) is 8.03. The second-order valence-electron chi connectivity index (χ2n) is 5.10. The summed E-state index contributed by atoms with van der Waals surface area (Å²) in [4.78, 5) is 12.2. The number of nitrogens with one attached hydrogen (secondary N) is 1. The fourth-order valence-corrected chi connectivity index (χ4v) is 1.99. The molecule has 2 aromatic rings. The van der Waals surface area contributed by atoms with E-state index < -0.39 is 0 Å². The molecule has 0 aliphatic rings. The summed E-state index contributed by atoms with van der Waals surface area (Å²) >= 11 is 0. The molecule has 0 unspecified atom stereocenters. The predicted octanol–water partition coefficient (Wildman–Crippen LogP) is 2.38. The lowest BCUT2D eigenvalue weighted by atomic mass is 10.0. The fourth-order valence-electron chi connectivity index (χ4n) is 1.99. The third kappa shape index (κ3) is 3.07. The van der Waals surface area contributed by atoms with Crippen LogP contribution in [0.1, 0.15) is 53.0 Å². The van der Waals surface area contributed by atoms with Crippen molar-refractivity contribution in [1.29, 1.82) is 0 Å². The molecule has 2 heterocycles. The molecule has 0 aliphatic heterocycles. The Hall–Kier alpha value is -2.11. The monoisotopic (exact) mass is 277 g/mol. The van der Waals surface area contributed by atoms with Crippen molar-refractivity contribution < 1.29 is 13.8 Å². The Labute approximate surface area is 117 Å². The first-order valence-corrected chi connectivity index (χ1v) is 6.65. The van der Waals surface area contributed by atoms with Gasteiger partial charge in [0.1, 0.15) is 11.3 Å². The minimum Gasteiger partial charge on any atom is -0.361 e. The molecule has 0 bridgehead atoms. The molecule has 0 aromatic carbocycles. The molecule has 0 fully saturated rings. The van der Waals surface area contributed by atoms with Crippen molar-refractivity contribution >= 4 is 5.91 Å². The molecular formula is C14H19N3O3. The molecule has 1 N–H and O–H groups in total. The van der Waals surface area contributed by atoms with Crippen LogP contribution in [0.4, 0.5) is 0 Å².